The van der Waals surface area contributed by atoms with E-state index in [1.807, 2.05) is 0 Å². The average molecular weight is 449 g/mol. The molecular formula is C19H20N4O5S2. The standard InChI is InChI=1S/C19H20N4O5S2/c1-11(2)30(27,28)22-8-7-14-15(9-22)29-19(20-14)21-16(24)10-23-17(25)12-5-3-4-6-13(12)18(23)26/h3-6,11H,7-10H2,1-2H3,(H,20,21,24). The molecule has 0 saturated heterocycles. The third kappa shape index (κ3) is 3.53. The zero-order chi connectivity index (χ0) is 21.6. The van der Waals surface area contributed by atoms with Crippen LogP contribution in [0.5, 0.6) is 0 Å². The zero-order valence-corrected chi connectivity index (χ0v) is 18.0. The number of benzene rings is 1. The monoisotopic (exact) mass is 448 g/mol. The predicted octanol–water partition coefficient (Wildman–Crippen LogP) is 1.47. The maximum Gasteiger partial charge on any atom is 0.262 e. The highest BCUT2D eigenvalue weighted by Gasteiger charge is 2.36. The van der Waals surface area contributed by atoms with Crippen molar-refractivity contribution in [1.82, 2.24) is 14.2 Å². The molecule has 9 nitrogen and oxygen atoms in total. The minimum atomic E-state index is -3.37. The van der Waals surface area contributed by atoms with E-state index < -0.39 is 39.5 Å². The minimum absolute atomic E-state index is 0.224. The largest absolute Gasteiger partial charge is 0.300 e. The summed E-state index contributed by atoms with van der Waals surface area (Å²) in [5.74, 6) is -1.54. The number of amides is 3. The van der Waals surface area contributed by atoms with E-state index >= 15 is 0 Å². The normalized spacial score (nSPS) is 16.7. The second-order valence-corrected chi connectivity index (χ2v) is 10.9. The highest BCUT2D eigenvalue weighted by atomic mass is 32.2. The quantitative estimate of drug-likeness (QED) is 0.693. The highest BCUT2D eigenvalue weighted by Crippen LogP contribution is 2.30. The molecule has 30 heavy (non-hydrogen) atoms. The average Bonchev–Trinajstić information content (AvgIpc) is 3.21. The number of aromatic nitrogens is 1. The molecule has 0 bridgehead atoms. The van der Waals surface area contributed by atoms with Gasteiger partial charge in [-0.2, -0.15) is 4.31 Å². The Bertz CT molecular complexity index is 1120. The molecule has 2 aliphatic heterocycles. The Labute approximate surface area is 177 Å². The van der Waals surface area contributed by atoms with Gasteiger partial charge in [-0.05, 0) is 26.0 Å². The lowest BCUT2D eigenvalue weighted by Gasteiger charge is -2.26. The number of fused-ring (bicyclic) bond motifs is 2. The fourth-order valence-corrected chi connectivity index (χ4v) is 5.80. The fraction of sp³-hybridized carbons (Fsp3) is 0.368. The molecule has 11 heteroatoms. The summed E-state index contributed by atoms with van der Waals surface area (Å²) in [7, 11) is -3.37. The van der Waals surface area contributed by atoms with Gasteiger partial charge in [0, 0.05) is 24.4 Å². The molecule has 1 N–H and O–H groups in total. The van der Waals surface area contributed by atoms with E-state index in [1.165, 1.54) is 15.6 Å². The van der Waals surface area contributed by atoms with Gasteiger partial charge in [-0.3, -0.25) is 19.3 Å². The Morgan fingerprint density at radius 1 is 1.20 bits per heavy atom. The van der Waals surface area contributed by atoms with Crippen LogP contribution in [0.1, 0.15) is 45.1 Å². The van der Waals surface area contributed by atoms with Gasteiger partial charge < -0.3 is 5.32 Å². The van der Waals surface area contributed by atoms with Crippen LogP contribution in [-0.2, 0) is 27.8 Å². The topological polar surface area (TPSA) is 117 Å². The number of imide groups is 1. The summed E-state index contributed by atoms with van der Waals surface area (Å²) in [4.78, 5) is 43.3. The van der Waals surface area contributed by atoms with E-state index in [2.05, 4.69) is 10.3 Å². The van der Waals surface area contributed by atoms with Gasteiger partial charge >= 0.3 is 0 Å². The van der Waals surface area contributed by atoms with Crippen LogP contribution in [0, 0.1) is 0 Å². The fourth-order valence-electron chi connectivity index (χ4n) is 3.43. The van der Waals surface area contributed by atoms with Crippen molar-refractivity contribution in [2.45, 2.75) is 32.1 Å². The number of carbonyl (C=O) groups is 3. The Morgan fingerprint density at radius 3 is 2.43 bits per heavy atom. The van der Waals surface area contributed by atoms with Crippen molar-refractivity contribution in [2.75, 3.05) is 18.4 Å². The van der Waals surface area contributed by atoms with E-state index in [-0.39, 0.29) is 17.7 Å². The molecule has 1 aromatic carbocycles. The molecule has 0 saturated carbocycles. The summed E-state index contributed by atoms with van der Waals surface area (Å²) in [5.41, 5.74) is 1.32. The Balaban J connectivity index is 1.43. The van der Waals surface area contributed by atoms with Crippen LogP contribution in [-0.4, -0.2) is 58.7 Å². The number of anilines is 1. The summed E-state index contributed by atoms with van der Waals surface area (Å²) in [6.45, 7) is 3.44. The first-order valence-corrected chi connectivity index (χ1v) is 11.7. The molecule has 1 aromatic heterocycles. The van der Waals surface area contributed by atoms with Gasteiger partial charge in [0.1, 0.15) is 6.54 Å². The molecule has 0 radical (unpaired) electrons. The van der Waals surface area contributed by atoms with Gasteiger partial charge in [0.15, 0.2) is 5.13 Å². The Kier molecular flexibility index (Phi) is 5.20. The molecule has 158 valence electrons. The van der Waals surface area contributed by atoms with E-state index in [1.54, 1.807) is 38.1 Å². The van der Waals surface area contributed by atoms with Gasteiger partial charge in [-0.25, -0.2) is 13.4 Å². The van der Waals surface area contributed by atoms with Crippen LogP contribution in [0.15, 0.2) is 24.3 Å². The van der Waals surface area contributed by atoms with E-state index in [4.69, 9.17) is 0 Å². The van der Waals surface area contributed by atoms with Crippen molar-refractivity contribution >= 4 is 44.2 Å². The van der Waals surface area contributed by atoms with Crippen LogP contribution in [0.2, 0.25) is 0 Å². The second kappa shape index (κ2) is 7.56. The predicted molar refractivity (Wildman–Crippen MR) is 111 cm³/mol. The molecule has 0 aliphatic carbocycles. The van der Waals surface area contributed by atoms with Gasteiger partial charge in [-0.1, -0.05) is 12.1 Å². The number of rotatable bonds is 5. The van der Waals surface area contributed by atoms with Gasteiger partial charge in [0.2, 0.25) is 15.9 Å². The summed E-state index contributed by atoms with van der Waals surface area (Å²) >= 11 is 1.20. The molecular weight excluding hydrogens is 428 g/mol. The van der Waals surface area contributed by atoms with Gasteiger partial charge in [0.25, 0.3) is 11.8 Å². The lowest BCUT2D eigenvalue weighted by Crippen LogP contribution is -2.39. The summed E-state index contributed by atoms with van der Waals surface area (Å²) in [5, 5.41) is 2.44. The highest BCUT2D eigenvalue weighted by molar-refractivity contribution is 7.89. The number of carbonyl (C=O) groups excluding carboxylic acids is 3. The second-order valence-electron chi connectivity index (χ2n) is 7.36. The van der Waals surface area contributed by atoms with Crippen molar-refractivity contribution in [3.8, 4) is 0 Å². The van der Waals surface area contributed by atoms with Crippen LogP contribution in [0.4, 0.5) is 5.13 Å². The van der Waals surface area contributed by atoms with Gasteiger partial charge in [0.05, 0.1) is 22.1 Å². The maximum atomic E-state index is 12.4. The third-order valence-corrected chi connectivity index (χ3v) is 8.30. The lowest BCUT2D eigenvalue weighted by atomic mass is 10.1. The molecule has 0 unspecified atom stereocenters. The summed E-state index contributed by atoms with van der Waals surface area (Å²) in [6.07, 6.45) is 0.464. The number of nitrogens with zero attached hydrogens (tertiary/aromatic N) is 3. The number of sulfonamides is 1. The SMILES string of the molecule is CC(C)S(=O)(=O)N1CCc2nc(NC(=O)CN3C(=O)c4ccccc4C3=O)sc2C1. The number of nitrogens with one attached hydrogen (secondary N) is 1. The van der Waals surface area contributed by atoms with Crippen LogP contribution >= 0.6 is 11.3 Å². The van der Waals surface area contributed by atoms with E-state index in [0.717, 1.165) is 15.5 Å². The molecule has 2 aromatic rings. The van der Waals surface area contributed by atoms with E-state index in [9.17, 15) is 22.8 Å². The smallest absolute Gasteiger partial charge is 0.262 e. The molecule has 0 atom stereocenters. The number of thiazole rings is 1. The van der Waals surface area contributed by atoms with Gasteiger partial charge in [-0.15, -0.1) is 11.3 Å². The van der Waals surface area contributed by atoms with Crippen molar-refractivity contribution in [1.29, 1.82) is 0 Å². The number of hydrogen-bond acceptors (Lipinski definition) is 7. The number of hydrogen-bond donors (Lipinski definition) is 1. The van der Waals surface area contributed by atoms with Crippen LogP contribution < -0.4 is 5.32 Å². The van der Waals surface area contributed by atoms with Crippen molar-refractivity contribution in [3.05, 3.63) is 46.0 Å². The molecule has 3 heterocycles. The summed E-state index contributed by atoms with van der Waals surface area (Å²) < 4.78 is 26.2. The Hall–Kier alpha value is -2.63. The van der Waals surface area contributed by atoms with Crippen LogP contribution in [0.25, 0.3) is 0 Å². The molecule has 0 fully saturated rings. The van der Waals surface area contributed by atoms with E-state index in [0.29, 0.717) is 18.1 Å². The first-order valence-electron chi connectivity index (χ1n) is 9.41. The zero-order valence-electron chi connectivity index (χ0n) is 16.4. The molecule has 3 amide bonds. The molecule has 4 rings (SSSR count). The minimum Gasteiger partial charge on any atom is -0.300 e. The van der Waals surface area contributed by atoms with Crippen molar-refractivity contribution in [2.24, 2.45) is 0 Å². The van der Waals surface area contributed by atoms with Crippen molar-refractivity contribution < 1.29 is 22.8 Å². The van der Waals surface area contributed by atoms with Crippen LogP contribution in [0.3, 0.4) is 0 Å². The Morgan fingerprint density at radius 2 is 1.83 bits per heavy atom. The first-order chi connectivity index (χ1) is 14.2. The lowest BCUT2D eigenvalue weighted by molar-refractivity contribution is -0.116. The van der Waals surface area contributed by atoms with Crippen molar-refractivity contribution in [3.63, 3.8) is 0 Å². The maximum absolute atomic E-state index is 12.4. The third-order valence-electron chi connectivity index (χ3n) is 5.08. The first kappa shape index (κ1) is 20.6. The molecule has 2 aliphatic rings. The summed E-state index contributed by atoms with van der Waals surface area (Å²) in [6, 6.07) is 6.44. The molecule has 0 spiro atoms.